The van der Waals surface area contributed by atoms with Crippen LogP contribution in [0.5, 0.6) is 0 Å². The Morgan fingerprint density at radius 1 is 1.07 bits per heavy atom. The Balaban J connectivity index is 1.42. The number of anilines is 3. The first-order chi connectivity index (χ1) is 14.7. The van der Waals surface area contributed by atoms with Gasteiger partial charge in [-0.3, -0.25) is 24.3 Å². The number of fused-ring (bicyclic) bond motifs is 2. The lowest BCUT2D eigenvalue weighted by Gasteiger charge is -2.38. The lowest BCUT2D eigenvalue weighted by molar-refractivity contribution is -0.119. The molecule has 2 amide bonds. The third kappa shape index (κ3) is 3.59. The molecule has 0 radical (unpaired) electrons. The number of aromatic nitrogens is 1. The molecule has 156 valence electrons. The number of benzene rings is 1. The van der Waals surface area contributed by atoms with Crippen molar-refractivity contribution < 1.29 is 9.59 Å². The average molecular weight is 406 g/mol. The van der Waals surface area contributed by atoms with Crippen molar-refractivity contribution in [2.75, 3.05) is 42.9 Å². The predicted molar refractivity (Wildman–Crippen MR) is 116 cm³/mol. The number of amides is 2. The van der Waals surface area contributed by atoms with Crippen LogP contribution >= 0.6 is 0 Å². The number of nitrogens with zero attached hydrogens (tertiary/aromatic N) is 4. The fraction of sp³-hybridized carbons (Fsp3) is 0.435. The maximum absolute atomic E-state index is 13.6. The van der Waals surface area contributed by atoms with Gasteiger partial charge >= 0.3 is 0 Å². The Labute approximate surface area is 176 Å². The number of hydrogen-bond donors (Lipinski definition) is 1. The highest BCUT2D eigenvalue weighted by atomic mass is 16.2. The molecule has 1 atom stereocenters. The summed E-state index contributed by atoms with van der Waals surface area (Å²) >= 11 is 0. The lowest BCUT2D eigenvalue weighted by Crippen LogP contribution is -2.49. The fourth-order valence-corrected chi connectivity index (χ4v) is 4.93. The summed E-state index contributed by atoms with van der Waals surface area (Å²) in [4.78, 5) is 37.2. The quantitative estimate of drug-likeness (QED) is 0.851. The van der Waals surface area contributed by atoms with Gasteiger partial charge in [0.1, 0.15) is 0 Å². The summed E-state index contributed by atoms with van der Waals surface area (Å²) in [5.41, 5.74) is 1.63. The minimum absolute atomic E-state index is 0.0547. The summed E-state index contributed by atoms with van der Waals surface area (Å²) in [6, 6.07) is 11.3. The van der Waals surface area contributed by atoms with Crippen LogP contribution in [-0.2, 0) is 4.79 Å². The number of pyridine rings is 1. The Morgan fingerprint density at radius 3 is 2.77 bits per heavy atom. The molecule has 7 nitrogen and oxygen atoms in total. The molecule has 4 heterocycles. The van der Waals surface area contributed by atoms with Gasteiger partial charge in [0.25, 0.3) is 5.91 Å². The number of piperidine rings is 1. The zero-order valence-electron chi connectivity index (χ0n) is 17.1. The van der Waals surface area contributed by atoms with Gasteiger partial charge in [-0.1, -0.05) is 12.1 Å². The third-order valence-corrected chi connectivity index (χ3v) is 6.38. The number of carbonyl (C=O) groups excluding carboxylic acids is 2. The van der Waals surface area contributed by atoms with Crippen molar-refractivity contribution >= 4 is 29.0 Å². The topological polar surface area (TPSA) is 68.8 Å². The average Bonchev–Trinajstić information content (AvgIpc) is 3.27. The molecule has 2 saturated heterocycles. The van der Waals surface area contributed by atoms with E-state index in [-0.39, 0.29) is 11.8 Å². The van der Waals surface area contributed by atoms with Crippen LogP contribution in [0.3, 0.4) is 0 Å². The van der Waals surface area contributed by atoms with Crippen LogP contribution in [0.25, 0.3) is 0 Å². The van der Waals surface area contributed by atoms with Crippen LogP contribution in [0.15, 0.2) is 42.6 Å². The monoisotopic (exact) mass is 405 g/mol. The highest BCUT2D eigenvalue weighted by Crippen LogP contribution is 2.36. The fourth-order valence-electron chi connectivity index (χ4n) is 4.93. The van der Waals surface area contributed by atoms with Crippen molar-refractivity contribution in [2.24, 2.45) is 0 Å². The van der Waals surface area contributed by atoms with Gasteiger partial charge in [-0.15, -0.1) is 0 Å². The van der Waals surface area contributed by atoms with Crippen molar-refractivity contribution in [3.8, 4) is 0 Å². The van der Waals surface area contributed by atoms with Crippen LogP contribution < -0.4 is 10.2 Å². The molecule has 3 aliphatic rings. The molecule has 2 aromatic rings. The van der Waals surface area contributed by atoms with E-state index in [0.29, 0.717) is 35.3 Å². The summed E-state index contributed by atoms with van der Waals surface area (Å²) in [5, 5.41) is 2.90. The molecule has 0 aliphatic carbocycles. The van der Waals surface area contributed by atoms with E-state index in [1.807, 2.05) is 18.2 Å². The molecule has 0 bridgehead atoms. The number of rotatable bonds is 3. The minimum atomic E-state index is -0.220. The number of para-hydroxylation sites is 1. The number of nitrogens with one attached hydrogen (secondary N) is 1. The van der Waals surface area contributed by atoms with Gasteiger partial charge < -0.3 is 5.32 Å². The second kappa shape index (κ2) is 8.16. The van der Waals surface area contributed by atoms with Gasteiger partial charge in [-0.2, -0.15) is 0 Å². The van der Waals surface area contributed by atoms with E-state index in [2.05, 4.69) is 20.1 Å². The van der Waals surface area contributed by atoms with Gasteiger partial charge in [0.15, 0.2) is 5.82 Å². The lowest BCUT2D eigenvalue weighted by atomic mass is 10.0. The van der Waals surface area contributed by atoms with Crippen molar-refractivity contribution in [2.45, 2.75) is 31.7 Å². The standard InChI is InChI=1S/C23H27N5O2/c29-21(16-26-12-6-7-17(15-26)27-13-3-4-14-27)28-20-10-2-1-8-18(20)23(30)25-19-9-5-11-24-22(19)28/h1-2,5,8-11,17H,3-4,6-7,12-16H2,(H,25,30). The summed E-state index contributed by atoms with van der Waals surface area (Å²) < 4.78 is 0. The largest absolute Gasteiger partial charge is 0.319 e. The van der Waals surface area contributed by atoms with E-state index in [1.54, 1.807) is 29.3 Å². The van der Waals surface area contributed by atoms with Gasteiger partial charge in [0.2, 0.25) is 5.91 Å². The van der Waals surface area contributed by atoms with Crippen LogP contribution in [0.4, 0.5) is 17.2 Å². The second-order valence-corrected chi connectivity index (χ2v) is 8.35. The second-order valence-electron chi connectivity index (χ2n) is 8.35. The molecule has 1 aromatic heterocycles. The van der Waals surface area contributed by atoms with E-state index in [4.69, 9.17) is 0 Å². The predicted octanol–water partition coefficient (Wildman–Crippen LogP) is 2.87. The van der Waals surface area contributed by atoms with E-state index in [9.17, 15) is 9.59 Å². The van der Waals surface area contributed by atoms with E-state index in [1.165, 1.54) is 32.4 Å². The molecule has 0 saturated carbocycles. The summed E-state index contributed by atoms with van der Waals surface area (Å²) in [7, 11) is 0. The minimum Gasteiger partial charge on any atom is -0.319 e. The molecule has 1 unspecified atom stereocenters. The molecule has 1 N–H and O–H groups in total. The van der Waals surface area contributed by atoms with Gasteiger partial charge in [-0.05, 0) is 69.6 Å². The number of likely N-dealkylation sites (tertiary alicyclic amines) is 2. The highest BCUT2D eigenvalue weighted by molar-refractivity contribution is 6.17. The summed E-state index contributed by atoms with van der Waals surface area (Å²) in [6.45, 7) is 4.53. The molecule has 1 aromatic carbocycles. The van der Waals surface area contributed by atoms with Crippen molar-refractivity contribution in [1.82, 2.24) is 14.8 Å². The molecule has 2 fully saturated rings. The maximum Gasteiger partial charge on any atom is 0.257 e. The van der Waals surface area contributed by atoms with Crippen LogP contribution in [0, 0.1) is 0 Å². The highest BCUT2D eigenvalue weighted by Gasteiger charge is 2.33. The zero-order chi connectivity index (χ0) is 20.5. The molecular formula is C23H27N5O2. The van der Waals surface area contributed by atoms with Gasteiger partial charge in [0.05, 0.1) is 23.5 Å². The van der Waals surface area contributed by atoms with E-state index in [0.717, 1.165) is 19.5 Å². The Morgan fingerprint density at radius 2 is 1.90 bits per heavy atom. The van der Waals surface area contributed by atoms with Crippen molar-refractivity contribution in [3.63, 3.8) is 0 Å². The van der Waals surface area contributed by atoms with Crippen molar-refractivity contribution in [1.29, 1.82) is 0 Å². The SMILES string of the molecule is O=C1Nc2cccnc2N(C(=O)CN2CCCC(N3CCCC3)C2)c2ccccc21. The summed E-state index contributed by atoms with van der Waals surface area (Å²) in [5.74, 6) is 0.206. The van der Waals surface area contributed by atoms with Crippen LogP contribution in [0.2, 0.25) is 0 Å². The Bertz CT molecular complexity index is 956. The van der Waals surface area contributed by atoms with Gasteiger partial charge in [0, 0.05) is 18.8 Å². The van der Waals surface area contributed by atoms with E-state index >= 15 is 0 Å². The molecule has 3 aliphatic heterocycles. The normalized spacial score (nSPS) is 22.2. The summed E-state index contributed by atoms with van der Waals surface area (Å²) in [6.07, 6.45) is 6.54. The smallest absolute Gasteiger partial charge is 0.257 e. The first-order valence-electron chi connectivity index (χ1n) is 10.9. The molecular weight excluding hydrogens is 378 g/mol. The number of carbonyl (C=O) groups is 2. The van der Waals surface area contributed by atoms with Crippen LogP contribution in [-0.4, -0.2) is 65.4 Å². The van der Waals surface area contributed by atoms with Gasteiger partial charge in [-0.25, -0.2) is 4.98 Å². The maximum atomic E-state index is 13.6. The molecule has 30 heavy (non-hydrogen) atoms. The Hall–Kier alpha value is -2.77. The van der Waals surface area contributed by atoms with Crippen molar-refractivity contribution in [3.05, 3.63) is 48.2 Å². The molecule has 5 rings (SSSR count). The van der Waals surface area contributed by atoms with Crippen LogP contribution in [0.1, 0.15) is 36.0 Å². The molecule has 7 heteroatoms. The first-order valence-corrected chi connectivity index (χ1v) is 10.9. The first kappa shape index (κ1) is 19.2. The van der Waals surface area contributed by atoms with E-state index < -0.39 is 0 Å². The Kier molecular flexibility index (Phi) is 5.23. The zero-order valence-corrected chi connectivity index (χ0v) is 17.1. The third-order valence-electron chi connectivity index (χ3n) is 6.38. The molecule has 0 spiro atoms. The number of hydrogen-bond acceptors (Lipinski definition) is 5.